The molecule has 26 heavy (non-hydrogen) atoms. The Morgan fingerprint density at radius 1 is 1.23 bits per heavy atom. The lowest BCUT2D eigenvalue weighted by Gasteiger charge is -2.21. The summed E-state index contributed by atoms with van der Waals surface area (Å²) in [5.74, 6) is 3.27. The number of rotatable bonds is 8. The predicted molar refractivity (Wildman–Crippen MR) is 109 cm³/mol. The van der Waals surface area contributed by atoms with Gasteiger partial charge in [0, 0.05) is 56.6 Å². The van der Waals surface area contributed by atoms with E-state index in [0.29, 0.717) is 6.04 Å². The van der Waals surface area contributed by atoms with Gasteiger partial charge in [0.1, 0.15) is 11.5 Å². The lowest BCUT2D eigenvalue weighted by molar-refractivity contribution is 0.394. The van der Waals surface area contributed by atoms with E-state index in [9.17, 15) is 0 Å². The van der Waals surface area contributed by atoms with Gasteiger partial charge in [0.2, 0.25) is 0 Å². The standard InChI is InChI=1S/C20H34N4O2/c1-15(2)7-6-9-22-20(21-3)23-16-8-10-24(14-16)17-11-18(25-4)13-19(12-17)26-5/h11-13,15-16H,6-10,14H2,1-5H3,(H2,21,22,23). The second kappa shape index (κ2) is 10.1. The van der Waals surface area contributed by atoms with Crippen molar-refractivity contribution in [1.82, 2.24) is 10.6 Å². The van der Waals surface area contributed by atoms with Gasteiger partial charge in [-0.25, -0.2) is 0 Å². The van der Waals surface area contributed by atoms with E-state index in [1.807, 2.05) is 13.1 Å². The Bertz CT molecular complexity index is 567. The van der Waals surface area contributed by atoms with Crippen molar-refractivity contribution in [2.75, 3.05) is 45.8 Å². The minimum Gasteiger partial charge on any atom is -0.497 e. The molecule has 6 nitrogen and oxygen atoms in total. The molecule has 1 heterocycles. The first-order chi connectivity index (χ1) is 12.5. The van der Waals surface area contributed by atoms with Gasteiger partial charge in [0.15, 0.2) is 5.96 Å². The number of benzene rings is 1. The van der Waals surface area contributed by atoms with Crippen molar-refractivity contribution in [3.8, 4) is 11.5 Å². The molecule has 1 unspecified atom stereocenters. The largest absolute Gasteiger partial charge is 0.497 e. The fourth-order valence-electron chi connectivity index (χ4n) is 3.19. The van der Waals surface area contributed by atoms with Crippen LogP contribution in [-0.4, -0.2) is 52.9 Å². The summed E-state index contributed by atoms with van der Waals surface area (Å²) in [6.45, 7) is 7.41. The van der Waals surface area contributed by atoms with E-state index in [4.69, 9.17) is 9.47 Å². The Balaban J connectivity index is 1.87. The van der Waals surface area contributed by atoms with Gasteiger partial charge in [-0.05, 0) is 25.2 Å². The third-order valence-electron chi connectivity index (χ3n) is 4.70. The summed E-state index contributed by atoms with van der Waals surface area (Å²) in [5, 5.41) is 6.97. The monoisotopic (exact) mass is 362 g/mol. The van der Waals surface area contributed by atoms with Gasteiger partial charge in [0.05, 0.1) is 14.2 Å². The molecule has 0 bridgehead atoms. The number of aliphatic imine (C=N–C) groups is 1. The molecule has 1 aliphatic heterocycles. The lowest BCUT2D eigenvalue weighted by atomic mass is 10.1. The van der Waals surface area contributed by atoms with Gasteiger partial charge in [-0.2, -0.15) is 0 Å². The Morgan fingerprint density at radius 2 is 1.92 bits per heavy atom. The number of hydrogen-bond donors (Lipinski definition) is 2. The van der Waals surface area contributed by atoms with Crippen LogP contribution in [0.5, 0.6) is 11.5 Å². The Kier molecular flexibility index (Phi) is 7.88. The van der Waals surface area contributed by atoms with E-state index in [1.165, 1.54) is 12.8 Å². The average molecular weight is 363 g/mol. The summed E-state index contributed by atoms with van der Waals surface area (Å²) in [4.78, 5) is 6.71. The number of methoxy groups -OCH3 is 2. The van der Waals surface area contributed by atoms with Crippen LogP contribution in [0.15, 0.2) is 23.2 Å². The number of hydrogen-bond acceptors (Lipinski definition) is 4. The van der Waals surface area contributed by atoms with Gasteiger partial charge in [-0.1, -0.05) is 13.8 Å². The number of nitrogens with zero attached hydrogens (tertiary/aromatic N) is 2. The van der Waals surface area contributed by atoms with Crippen LogP contribution in [0.4, 0.5) is 5.69 Å². The second-order valence-corrected chi connectivity index (χ2v) is 7.18. The number of guanidine groups is 1. The molecule has 1 fully saturated rings. The average Bonchev–Trinajstić information content (AvgIpc) is 3.12. The van der Waals surface area contributed by atoms with Gasteiger partial charge >= 0.3 is 0 Å². The highest BCUT2D eigenvalue weighted by Gasteiger charge is 2.24. The zero-order valence-corrected chi connectivity index (χ0v) is 16.8. The van der Waals surface area contributed by atoms with Crippen LogP contribution in [0, 0.1) is 5.92 Å². The predicted octanol–water partition coefficient (Wildman–Crippen LogP) is 2.88. The highest BCUT2D eigenvalue weighted by Crippen LogP contribution is 2.30. The maximum absolute atomic E-state index is 5.39. The molecule has 1 aromatic rings. The molecule has 1 aliphatic rings. The van der Waals surface area contributed by atoms with Crippen LogP contribution in [0.1, 0.15) is 33.1 Å². The van der Waals surface area contributed by atoms with Crippen LogP contribution in [0.25, 0.3) is 0 Å². The van der Waals surface area contributed by atoms with E-state index in [-0.39, 0.29) is 0 Å². The molecule has 0 aliphatic carbocycles. The first-order valence-corrected chi connectivity index (χ1v) is 9.51. The smallest absolute Gasteiger partial charge is 0.191 e. The zero-order chi connectivity index (χ0) is 18.9. The van der Waals surface area contributed by atoms with Gasteiger partial charge in [-0.3, -0.25) is 4.99 Å². The summed E-state index contributed by atoms with van der Waals surface area (Å²) < 4.78 is 10.8. The molecular formula is C20H34N4O2. The zero-order valence-electron chi connectivity index (χ0n) is 16.8. The van der Waals surface area contributed by atoms with E-state index < -0.39 is 0 Å². The summed E-state index contributed by atoms with van der Waals surface area (Å²) in [6, 6.07) is 6.40. The third-order valence-corrected chi connectivity index (χ3v) is 4.70. The molecule has 2 N–H and O–H groups in total. The minimum atomic E-state index is 0.378. The number of ether oxygens (including phenoxy) is 2. The van der Waals surface area contributed by atoms with E-state index in [1.54, 1.807) is 14.2 Å². The van der Waals surface area contributed by atoms with Crippen molar-refractivity contribution in [3.05, 3.63) is 18.2 Å². The van der Waals surface area contributed by atoms with Crippen LogP contribution in [-0.2, 0) is 0 Å². The van der Waals surface area contributed by atoms with E-state index in [0.717, 1.165) is 55.1 Å². The normalized spacial score (nSPS) is 17.5. The molecule has 146 valence electrons. The SMILES string of the molecule is CN=C(NCCCC(C)C)NC1CCN(c2cc(OC)cc(OC)c2)C1. The molecule has 1 aromatic carbocycles. The van der Waals surface area contributed by atoms with Crippen LogP contribution < -0.4 is 25.0 Å². The van der Waals surface area contributed by atoms with Gasteiger partial charge in [-0.15, -0.1) is 0 Å². The number of anilines is 1. The van der Waals surface area contributed by atoms with Crippen molar-refractivity contribution in [2.24, 2.45) is 10.9 Å². The molecule has 0 spiro atoms. The van der Waals surface area contributed by atoms with Crippen LogP contribution in [0.3, 0.4) is 0 Å². The molecule has 1 saturated heterocycles. The lowest BCUT2D eigenvalue weighted by Crippen LogP contribution is -2.44. The maximum Gasteiger partial charge on any atom is 0.191 e. The van der Waals surface area contributed by atoms with Gasteiger partial charge in [0.25, 0.3) is 0 Å². The highest BCUT2D eigenvalue weighted by molar-refractivity contribution is 5.80. The first-order valence-electron chi connectivity index (χ1n) is 9.51. The van der Waals surface area contributed by atoms with Crippen molar-refractivity contribution < 1.29 is 9.47 Å². The second-order valence-electron chi connectivity index (χ2n) is 7.18. The Labute approximate surface area is 158 Å². The van der Waals surface area contributed by atoms with Gasteiger partial charge < -0.3 is 25.0 Å². The van der Waals surface area contributed by atoms with Crippen molar-refractivity contribution >= 4 is 11.6 Å². The topological polar surface area (TPSA) is 58.1 Å². The molecule has 0 amide bonds. The summed E-state index contributed by atoms with van der Waals surface area (Å²) in [7, 11) is 5.20. The highest BCUT2D eigenvalue weighted by atomic mass is 16.5. The van der Waals surface area contributed by atoms with Crippen LogP contribution in [0.2, 0.25) is 0 Å². The first kappa shape index (κ1) is 20.2. The number of nitrogens with one attached hydrogen (secondary N) is 2. The summed E-state index contributed by atoms with van der Waals surface area (Å²) in [5.41, 5.74) is 1.13. The third kappa shape index (κ3) is 6.00. The molecule has 1 atom stereocenters. The molecule has 0 aromatic heterocycles. The maximum atomic E-state index is 5.39. The van der Waals surface area contributed by atoms with E-state index in [2.05, 4.69) is 46.5 Å². The minimum absolute atomic E-state index is 0.378. The van der Waals surface area contributed by atoms with E-state index >= 15 is 0 Å². The van der Waals surface area contributed by atoms with Crippen molar-refractivity contribution in [1.29, 1.82) is 0 Å². The van der Waals surface area contributed by atoms with Crippen molar-refractivity contribution in [2.45, 2.75) is 39.2 Å². The molecule has 0 saturated carbocycles. The fourth-order valence-corrected chi connectivity index (χ4v) is 3.19. The van der Waals surface area contributed by atoms with Crippen LogP contribution >= 0.6 is 0 Å². The molecule has 0 radical (unpaired) electrons. The molecular weight excluding hydrogens is 328 g/mol. The Hall–Kier alpha value is -2.11. The Morgan fingerprint density at radius 3 is 2.50 bits per heavy atom. The molecule has 6 heteroatoms. The quantitative estimate of drug-likeness (QED) is 0.423. The summed E-state index contributed by atoms with van der Waals surface area (Å²) in [6.07, 6.45) is 3.48. The van der Waals surface area contributed by atoms with Crippen molar-refractivity contribution in [3.63, 3.8) is 0 Å². The molecule has 2 rings (SSSR count). The fraction of sp³-hybridized carbons (Fsp3) is 0.650. The summed E-state index contributed by atoms with van der Waals surface area (Å²) >= 11 is 0.